The molecule has 0 aromatic carbocycles. The maximum absolute atomic E-state index is 12.3. The van der Waals surface area contributed by atoms with Crippen LogP contribution in [0.15, 0.2) is 0 Å². The molecule has 6 nitrogen and oxygen atoms in total. The number of carbonyl (C=O) groups is 3. The van der Waals surface area contributed by atoms with E-state index in [4.69, 9.17) is 4.74 Å². The standard InChI is InChI=1S/C23H39F3O2.C22H40O2.C21H35F3O2/c1-3-4-8-11-18-14-20(18)16-21-15-19(21)12-9-6-5-7-10-13-22(27)28-17(2)23(24,25)26;1-3-5-9-12-18-15-20(18)17-21-16-19(21)13-10-7-6-8-11-14-22(23)24-4-2;1-2-3-7-10-16-13-18(16)15-19-14-17(19)11-8-5-4-6-9-12-20(25)26-21(22,23)24/h17-21H,3-16H2,1-2H3;18-21H,3-17H2,1-2H3;16-19H,2-15H2,1H3. The lowest BCUT2D eigenvalue weighted by Crippen LogP contribution is -2.30. The van der Waals surface area contributed by atoms with E-state index < -0.39 is 30.6 Å². The van der Waals surface area contributed by atoms with Crippen LogP contribution in [0.2, 0.25) is 0 Å². The van der Waals surface area contributed by atoms with Gasteiger partial charge in [0.1, 0.15) is 0 Å². The van der Waals surface area contributed by atoms with E-state index in [9.17, 15) is 40.7 Å². The molecule has 78 heavy (non-hydrogen) atoms. The Labute approximate surface area is 471 Å². The highest BCUT2D eigenvalue weighted by Crippen LogP contribution is 2.57. The van der Waals surface area contributed by atoms with Crippen LogP contribution in [-0.4, -0.2) is 43.2 Å². The number of carbonyl (C=O) groups excluding carboxylic acids is 3. The maximum atomic E-state index is 12.3. The molecule has 0 bridgehead atoms. The zero-order chi connectivity index (χ0) is 56.8. The van der Waals surface area contributed by atoms with Crippen molar-refractivity contribution in [2.24, 2.45) is 71.0 Å². The number of unbranched alkanes of at least 4 members (excludes halogenated alkanes) is 18. The van der Waals surface area contributed by atoms with E-state index in [0.717, 1.165) is 116 Å². The van der Waals surface area contributed by atoms with Crippen molar-refractivity contribution in [3.8, 4) is 0 Å². The van der Waals surface area contributed by atoms with Gasteiger partial charge in [0.25, 0.3) is 0 Å². The summed E-state index contributed by atoms with van der Waals surface area (Å²) in [6.45, 7) is 10.1. The second-order valence-electron chi connectivity index (χ2n) is 26.0. The number of alkyl halides is 6. The number of esters is 3. The predicted molar refractivity (Wildman–Crippen MR) is 303 cm³/mol. The Morgan fingerprint density at radius 2 is 0.641 bits per heavy atom. The van der Waals surface area contributed by atoms with Crippen LogP contribution >= 0.6 is 0 Å². The Kier molecular flexibility index (Phi) is 33.3. The van der Waals surface area contributed by atoms with Crippen LogP contribution in [0, 0.1) is 71.0 Å². The summed E-state index contributed by atoms with van der Waals surface area (Å²) in [5.74, 6) is 10.5. The zero-order valence-electron chi connectivity index (χ0n) is 50.1. The topological polar surface area (TPSA) is 78.9 Å². The Hall–Kier alpha value is -2.01. The fourth-order valence-electron chi connectivity index (χ4n) is 13.2. The van der Waals surface area contributed by atoms with Gasteiger partial charge in [0.15, 0.2) is 6.10 Å². The molecule has 0 radical (unpaired) electrons. The number of hydrogen-bond donors (Lipinski definition) is 0. The van der Waals surface area contributed by atoms with Crippen LogP contribution in [0.4, 0.5) is 26.3 Å². The van der Waals surface area contributed by atoms with Gasteiger partial charge in [0.05, 0.1) is 6.61 Å². The summed E-state index contributed by atoms with van der Waals surface area (Å²) in [6.07, 6.45) is 39.6. The minimum absolute atomic E-state index is 0.0219. The van der Waals surface area contributed by atoms with Gasteiger partial charge in [0, 0.05) is 19.3 Å². The van der Waals surface area contributed by atoms with Crippen LogP contribution in [0.1, 0.15) is 304 Å². The molecule has 6 aliphatic carbocycles. The van der Waals surface area contributed by atoms with Crippen LogP contribution in [0.5, 0.6) is 0 Å². The zero-order valence-corrected chi connectivity index (χ0v) is 50.1. The largest absolute Gasteiger partial charge is 0.575 e. The Balaban J connectivity index is 0.000000253. The van der Waals surface area contributed by atoms with Crippen LogP contribution in [-0.2, 0) is 28.6 Å². The van der Waals surface area contributed by atoms with Crippen molar-refractivity contribution < 1.29 is 54.9 Å². The van der Waals surface area contributed by atoms with Gasteiger partial charge in [0.2, 0.25) is 0 Å². The van der Waals surface area contributed by atoms with Crippen molar-refractivity contribution in [1.29, 1.82) is 0 Å². The summed E-state index contributed by atoms with van der Waals surface area (Å²) in [5, 5.41) is 0. The molecule has 0 heterocycles. The lowest BCUT2D eigenvalue weighted by molar-refractivity contribution is -0.305. The average Bonchev–Trinajstić information content (AvgIpc) is 4.13. The van der Waals surface area contributed by atoms with Gasteiger partial charge in [-0.25, -0.2) is 0 Å². The van der Waals surface area contributed by atoms with Crippen LogP contribution in [0.25, 0.3) is 0 Å². The smallest absolute Gasteiger partial charge is 0.466 e. The van der Waals surface area contributed by atoms with Gasteiger partial charge in [-0.2, -0.15) is 13.2 Å². The van der Waals surface area contributed by atoms with Crippen LogP contribution in [0.3, 0.4) is 0 Å². The minimum Gasteiger partial charge on any atom is -0.466 e. The third-order valence-corrected chi connectivity index (χ3v) is 18.9. The third-order valence-electron chi connectivity index (χ3n) is 18.9. The first-order chi connectivity index (χ1) is 37.4. The predicted octanol–water partition coefficient (Wildman–Crippen LogP) is 21.0. The molecule has 0 aromatic rings. The summed E-state index contributed by atoms with van der Waals surface area (Å²) in [5.41, 5.74) is 0. The molecule has 6 rings (SSSR count). The van der Waals surface area contributed by atoms with Crippen molar-refractivity contribution in [3.05, 3.63) is 0 Å². The van der Waals surface area contributed by atoms with Crippen molar-refractivity contribution in [2.45, 2.75) is 323 Å². The van der Waals surface area contributed by atoms with Gasteiger partial charge >= 0.3 is 30.4 Å². The highest BCUT2D eigenvalue weighted by Gasteiger charge is 2.47. The Morgan fingerprint density at radius 3 is 0.923 bits per heavy atom. The lowest BCUT2D eigenvalue weighted by Gasteiger charge is -2.16. The summed E-state index contributed by atoms with van der Waals surface area (Å²) >= 11 is 0. The van der Waals surface area contributed by atoms with Crippen molar-refractivity contribution in [3.63, 3.8) is 0 Å². The first-order valence-corrected chi connectivity index (χ1v) is 33.1. The van der Waals surface area contributed by atoms with E-state index in [0.29, 0.717) is 25.9 Å². The lowest BCUT2D eigenvalue weighted by atomic mass is 10.0. The molecule has 456 valence electrons. The molecular weight excluding hydrogens is 1000 g/mol. The monoisotopic (exact) mass is 1120 g/mol. The molecule has 0 spiro atoms. The number of ether oxygens (including phenoxy) is 3. The fraction of sp³-hybridized carbons (Fsp3) is 0.955. The van der Waals surface area contributed by atoms with E-state index >= 15 is 0 Å². The highest BCUT2D eigenvalue weighted by molar-refractivity contribution is 5.70. The van der Waals surface area contributed by atoms with E-state index in [1.807, 2.05) is 6.92 Å². The quantitative estimate of drug-likeness (QED) is 0.0262. The fourth-order valence-corrected chi connectivity index (χ4v) is 13.2. The van der Waals surface area contributed by atoms with Gasteiger partial charge in [-0.05, 0) is 162 Å². The van der Waals surface area contributed by atoms with E-state index in [2.05, 4.69) is 30.2 Å². The number of halogens is 6. The summed E-state index contributed by atoms with van der Waals surface area (Å²) in [7, 11) is 0. The SMILES string of the molecule is CCCCCC1CC1CC1CC1CCCCCCCC(=O)OC(C)C(F)(F)F.CCCCCC1CC1CC1CC1CCCCCCCC(=O)OC(F)(F)F.CCCCCC1CC1CC1CC1CCCCCCCC(=O)OCC. The average molecular weight is 1120 g/mol. The van der Waals surface area contributed by atoms with E-state index in [-0.39, 0.29) is 18.8 Å². The minimum atomic E-state index is -4.84. The van der Waals surface area contributed by atoms with Crippen molar-refractivity contribution >= 4 is 17.9 Å². The first-order valence-electron chi connectivity index (χ1n) is 33.1. The summed E-state index contributed by atoms with van der Waals surface area (Å²) < 4.78 is 85.1. The first kappa shape index (κ1) is 68.5. The molecular formula is C66H114F6O6. The van der Waals surface area contributed by atoms with E-state index in [1.165, 1.54) is 186 Å². The third kappa shape index (κ3) is 33.2. The summed E-state index contributed by atoms with van der Waals surface area (Å²) in [6, 6.07) is 0. The molecule has 6 saturated carbocycles. The molecule has 0 saturated heterocycles. The number of rotatable bonds is 44. The normalized spacial score (nSPS) is 27.6. The van der Waals surface area contributed by atoms with Gasteiger partial charge < -0.3 is 14.2 Å². The molecule has 0 aromatic heterocycles. The molecule has 13 unspecified atom stereocenters. The van der Waals surface area contributed by atoms with Gasteiger partial charge in [-0.3, -0.25) is 14.4 Å². The van der Waals surface area contributed by atoms with Crippen molar-refractivity contribution in [1.82, 2.24) is 0 Å². The molecule has 0 amide bonds. The molecule has 12 heteroatoms. The van der Waals surface area contributed by atoms with Gasteiger partial charge in [-0.1, -0.05) is 194 Å². The molecule has 6 aliphatic rings. The number of hydrogen-bond acceptors (Lipinski definition) is 6. The maximum Gasteiger partial charge on any atom is 0.575 e. The highest BCUT2D eigenvalue weighted by atomic mass is 19.4. The van der Waals surface area contributed by atoms with Crippen molar-refractivity contribution in [2.75, 3.05) is 6.61 Å². The molecule has 6 fully saturated rings. The Morgan fingerprint density at radius 1 is 0.372 bits per heavy atom. The Bertz CT molecular complexity index is 1600. The second-order valence-corrected chi connectivity index (χ2v) is 26.0. The molecule has 0 aliphatic heterocycles. The van der Waals surface area contributed by atoms with E-state index in [1.54, 1.807) is 12.8 Å². The van der Waals surface area contributed by atoms with Crippen LogP contribution < -0.4 is 0 Å². The summed E-state index contributed by atoms with van der Waals surface area (Å²) in [4.78, 5) is 33.6. The molecule has 0 N–H and O–H groups in total. The molecule has 13 atom stereocenters. The second kappa shape index (κ2) is 38.0. The van der Waals surface area contributed by atoms with Gasteiger partial charge in [-0.15, -0.1) is 13.2 Å².